The Labute approximate surface area is 186 Å². The molecule has 1 fully saturated rings. The third-order valence-electron chi connectivity index (χ3n) is 4.95. The van der Waals surface area contributed by atoms with Gasteiger partial charge < -0.3 is 5.32 Å². The van der Waals surface area contributed by atoms with Gasteiger partial charge in [0.2, 0.25) is 0 Å². The Bertz CT molecular complexity index is 1080. The maximum absolute atomic E-state index is 14.1. The molecule has 0 saturated carbocycles. The van der Waals surface area contributed by atoms with E-state index >= 15 is 0 Å². The van der Waals surface area contributed by atoms with Gasteiger partial charge >= 0.3 is 0 Å². The maximum atomic E-state index is 14.1. The maximum Gasteiger partial charge on any atom is 0.255 e. The van der Waals surface area contributed by atoms with E-state index in [-0.39, 0.29) is 27.6 Å². The van der Waals surface area contributed by atoms with Gasteiger partial charge in [-0.25, -0.2) is 8.78 Å². The Kier molecular flexibility index (Phi) is 7.92. The molecule has 31 heavy (non-hydrogen) atoms. The molecular weight excluding hydrogens is 444 g/mol. The van der Waals surface area contributed by atoms with Gasteiger partial charge in [0.15, 0.2) is 0 Å². The van der Waals surface area contributed by atoms with Crippen molar-refractivity contribution in [3.63, 3.8) is 0 Å². The number of nitrogens with zero attached hydrogens (tertiary/aromatic N) is 1. The Morgan fingerprint density at radius 2 is 1.94 bits per heavy atom. The van der Waals surface area contributed by atoms with Crippen LogP contribution in [-0.4, -0.2) is 37.9 Å². The SMILES string of the molecule is Cc1c(F)ccc(F)c1-c1[nH]ncc1C(=O)NCC1CCCS1=O.Clc1ccccc1. The van der Waals surface area contributed by atoms with Crippen LogP contribution in [0.15, 0.2) is 48.7 Å². The fraction of sp³-hybridized carbons (Fsp3) is 0.273. The molecule has 1 aliphatic rings. The van der Waals surface area contributed by atoms with Crippen LogP contribution in [-0.2, 0) is 10.8 Å². The van der Waals surface area contributed by atoms with Crippen LogP contribution in [0, 0.1) is 18.6 Å². The topological polar surface area (TPSA) is 74.8 Å². The van der Waals surface area contributed by atoms with E-state index in [0.717, 1.165) is 30.0 Å². The highest BCUT2D eigenvalue weighted by atomic mass is 35.5. The second kappa shape index (κ2) is 10.6. The number of nitrogens with one attached hydrogen (secondary N) is 2. The van der Waals surface area contributed by atoms with Crippen LogP contribution in [0.25, 0.3) is 11.3 Å². The zero-order valence-corrected chi connectivity index (χ0v) is 18.4. The zero-order chi connectivity index (χ0) is 22.4. The van der Waals surface area contributed by atoms with Crippen molar-refractivity contribution in [2.24, 2.45) is 0 Å². The van der Waals surface area contributed by atoms with Gasteiger partial charge in [0.1, 0.15) is 11.6 Å². The first-order chi connectivity index (χ1) is 14.9. The van der Waals surface area contributed by atoms with Gasteiger partial charge in [0.25, 0.3) is 5.91 Å². The van der Waals surface area contributed by atoms with E-state index in [4.69, 9.17) is 11.6 Å². The Morgan fingerprint density at radius 1 is 1.23 bits per heavy atom. The van der Waals surface area contributed by atoms with Crippen molar-refractivity contribution in [3.05, 3.63) is 76.4 Å². The van der Waals surface area contributed by atoms with Crippen LogP contribution in [0.5, 0.6) is 0 Å². The van der Waals surface area contributed by atoms with Gasteiger partial charge in [0.05, 0.1) is 22.7 Å². The first-order valence-electron chi connectivity index (χ1n) is 9.72. The van der Waals surface area contributed by atoms with Gasteiger partial charge in [-0.15, -0.1) is 0 Å². The van der Waals surface area contributed by atoms with Gasteiger partial charge in [-0.2, -0.15) is 5.10 Å². The van der Waals surface area contributed by atoms with Gasteiger partial charge in [-0.05, 0) is 49.6 Å². The minimum absolute atomic E-state index is 0.0120. The molecule has 1 saturated heterocycles. The highest BCUT2D eigenvalue weighted by molar-refractivity contribution is 7.85. The zero-order valence-electron chi connectivity index (χ0n) is 16.8. The predicted octanol–water partition coefficient (Wildman–Crippen LogP) is 4.64. The average Bonchev–Trinajstić information content (AvgIpc) is 3.40. The van der Waals surface area contributed by atoms with Gasteiger partial charge in [0, 0.05) is 33.7 Å². The van der Waals surface area contributed by atoms with E-state index < -0.39 is 28.3 Å². The second-order valence-corrected chi connectivity index (χ2v) is 9.32. The number of carbonyl (C=O) groups excluding carboxylic acids is 1. The Hall–Kier alpha value is -2.58. The van der Waals surface area contributed by atoms with Crippen LogP contribution in [0.2, 0.25) is 5.02 Å². The quantitative estimate of drug-likeness (QED) is 0.589. The summed E-state index contributed by atoms with van der Waals surface area (Å²) in [5.41, 5.74) is 0.355. The van der Waals surface area contributed by atoms with Crippen molar-refractivity contribution in [1.82, 2.24) is 15.5 Å². The lowest BCUT2D eigenvalue weighted by molar-refractivity contribution is 0.0954. The summed E-state index contributed by atoms with van der Waals surface area (Å²) >= 11 is 5.54. The first-order valence-corrected chi connectivity index (χ1v) is 11.5. The number of hydrogen-bond acceptors (Lipinski definition) is 3. The monoisotopic (exact) mass is 465 g/mol. The molecular formula is C22H22ClF2N3O2S. The summed E-state index contributed by atoms with van der Waals surface area (Å²) < 4.78 is 39.6. The van der Waals surface area contributed by atoms with Crippen LogP contribution < -0.4 is 5.32 Å². The largest absolute Gasteiger partial charge is 0.351 e. The molecule has 2 heterocycles. The molecule has 0 aliphatic carbocycles. The minimum Gasteiger partial charge on any atom is -0.351 e. The second-order valence-electron chi connectivity index (χ2n) is 7.04. The highest BCUT2D eigenvalue weighted by Gasteiger charge is 2.25. The van der Waals surface area contributed by atoms with Crippen LogP contribution in [0.4, 0.5) is 8.78 Å². The molecule has 5 nitrogen and oxygen atoms in total. The molecule has 0 radical (unpaired) electrons. The molecule has 1 aliphatic heterocycles. The molecule has 2 aromatic carbocycles. The Morgan fingerprint density at radius 3 is 2.55 bits per heavy atom. The first kappa shape index (κ1) is 23.1. The molecule has 2 unspecified atom stereocenters. The van der Waals surface area contributed by atoms with E-state index in [1.54, 1.807) is 0 Å². The van der Waals surface area contributed by atoms with E-state index in [1.807, 2.05) is 30.3 Å². The molecule has 9 heteroatoms. The molecule has 2 atom stereocenters. The molecule has 164 valence electrons. The molecule has 0 bridgehead atoms. The predicted molar refractivity (Wildman–Crippen MR) is 118 cm³/mol. The van der Waals surface area contributed by atoms with Crippen molar-refractivity contribution in [3.8, 4) is 11.3 Å². The Balaban J connectivity index is 0.000000330. The van der Waals surface area contributed by atoms with Crippen molar-refractivity contribution in [1.29, 1.82) is 0 Å². The van der Waals surface area contributed by atoms with Crippen LogP contribution >= 0.6 is 11.6 Å². The number of H-pyrrole nitrogens is 1. The number of benzene rings is 2. The lowest BCUT2D eigenvalue weighted by atomic mass is 10.0. The number of aromatic nitrogens is 2. The van der Waals surface area contributed by atoms with Crippen molar-refractivity contribution < 1.29 is 17.8 Å². The van der Waals surface area contributed by atoms with Crippen molar-refractivity contribution >= 4 is 28.3 Å². The number of hydrogen-bond donors (Lipinski definition) is 2. The van der Waals surface area contributed by atoms with E-state index in [2.05, 4.69) is 15.5 Å². The van der Waals surface area contributed by atoms with Crippen molar-refractivity contribution in [2.75, 3.05) is 12.3 Å². The molecule has 3 aromatic rings. The summed E-state index contributed by atoms with van der Waals surface area (Å²) in [6, 6.07) is 11.5. The fourth-order valence-corrected chi connectivity index (χ4v) is 4.90. The average molecular weight is 466 g/mol. The summed E-state index contributed by atoms with van der Waals surface area (Å²) in [5, 5.41) is 9.81. The minimum atomic E-state index is -0.923. The molecule has 1 aromatic heterocycles. The summed E-state index contributed by atoms with van der Waals surface area (Å²) in [6.45, 7) is 1.73. The van der Waals surface area contributed by atoms with Gasteiger partial charge in [-0.3, -0.25) is 14.1 Å². The smallest absolute Gasteiger partial charge is 0.255 e. The number of rotatable bonds is 4. The fourth-order valence-electron chi connectivity index (χ4n) is 3.27. The lowest BCUT2D eigenvalue weighted by Gasteiger charge is -2.11. The normalized spacial score (nSPS) is 17.7. The standard InChI is InChI=1S/C16H17F2N3O2S.C6H5Cl/c1-9-12(17)4-5-13(18)14(9)15-11(8-20-21-15)16(22)19-7-10-3-2-6-24(10)23;7-6-4-2-1-3-5-6/h4-5,8,10H,2-3,6-7H2,1H3,(H,19,22)(H,20,21);1-5H. The summed E-state index contributed by atoms with van der Waals surface area (Å²) in [4.78, 5) is 12.4. The third kappa shape index (κ3) is 5.77. The molecule has 4 rings (SSSR count). The van der Waals surface area contributed by atoms with E-state index in [1.165, 1.54) is 13.1 Å². The molecule has 0 spiro atoms. The van der Waals surface area contributed by atoms with E-state index in [9.17, 15) is 17.8 Å². The number of amides is 1. The number of halogens is 3. The number of carbonyl (C=O) groups is 1. The summed E-state index contributed by atoms with van der Waals surface area (Å²) in [6.07, 6.45) is 2.97. The summed E-state index contributed by atoms with van der Waals surface area (Å²) in [7, 11) is -0.923. The molecule has 2 N–H and O–H groups in total. The lowest BCUT2D eigenvalue weighted by Crippen LogP contribution is -2.32. The van der Waals surface area contributed by atoms with Crippen LogP contribution in [0.3, 0.4) is 0 Å². The number of aromatic amines is 1. The highest BCUT2D eigenvalue weighted by Crippen LogP contribution is 2.29. The molecule has 1 amide bonds. The van der Waals surface area contributed by atoms with Crippen molar-refractivity contribution in [2.45, 2.75) is 25.0 Å². The van der Waals surface area contributed by atoms with Crippen LogP contribution in [0.1, 0.15) is 28.8 Å². The van der Waals surface area contributed by atoms with Gasteiger partial charge in [-0.1, -0.05) is 29.8 Å². The summed E-state index contributed by atoms with van der Waals surface area (Å²) in [5.74, 6) is -0.992. The third-order valence-corrected chi connectivity index (χ3v) is 7.04. The van der Waals surface area contributed by atoms with E-state index in [0.29, 0.717) is 12.3 Å².